The number of nitrogens with zero attached hydrogens (tertiary/aromatic N) is 1. The number of amides is 1. The van der Waals surface area contributed by atoms with Crippen LogP contribution in [-0.4, -0.2) is 11.6 Å². The van der Waals surface area contributed by atoms with Gasteiger partial charge in [0.15, 0.2) is 0 Å². The van der Waals surface area contributed by atoms with Gasteiger partial charge in [-0.05, 0) is 31.9 Å². The van der Waals surface area contributed by atoms with Crippen molar-refractivity contribution < 1.29 is 9.63 Å². The lowest BCUT2D eigenvalue weighted by Crippen LogP contribution is -2.14. The third-order valence-electron chi connectivity index (χ3n) is 2.62. The largest absolute Gasteiger partial charge is 0.391 e. The van der Waals surface area contributed by atoms with Crippen LogP contribution in [0.15, 0.2) is 23.4 Å². The third kappa shape index (κ3) is 3.59. The number of hydrogen-bond donors (Lipinski definition) is 1. The van der Waals surface area contributed by atoms with Crippen LogP contribution in [0.25, 0.3) is 0 Å². The highest BCUT2D eigenvalue weighted by atomic mass is 16.6. The molecule has 0 spiro atoms. The normalized spacial score (nSPS) is 11.4. The molecule has 0 radical (unpaired) electrons. The molecule has 0 heterocycles. The average molecular weight is 234 g/mol. The average Bonchev–Trinajstić information content (AvgIpc) is 2.30. The van der Waals surface area contributed by atoms with Crippen LogP contribution in [0.4, 0.5) is 0 Å². The molecule has 2 N–H and O–H groups in total. The summed E-state index contributed by atoms with van der Waals surface area (Å²) in [6.07, 6.45) is 0.844. The van der Waals surface area contributed by atoms with E-state index in [0.29, 0.717) is 5.56 Å². The Kier molecular flexibility index (Phi) is 4.69. The summed E-state index contributed by atoms with van der Waals surface area (Å²) in [5.74, 6) is -0.441. The Morgan fingerprint density at radius 3 is 2.76 bits per heavy atom. The number of primary amides is 1. The van der Waals surface area contributed by atoms with E-state index in [1.165, 1.54) is 0 Å². The van der Waals surface area contributed by atoms with Gasteiger partial charge in [0.05, 0.1) is 5.71 Å². The number of hydrogen-bond acceptors (Lipinski definition) is 3. The molecule has 0 fully saturated rings. The molecule has 0 aliphatic rings. The van der Waals surface area contributed by atoms with Gasteiger partial charge in [-0.1, -0.05) is 24.2 Å². The van der Waals surface area contributed by atoms with Crippen molar-refractivity contribution in [2.45, 2.75) is 33.8 Å². The smallest absolute Gasteiger partial charge is 0.249 e. The number of nitrogens with two attached hydrogens (primary N) is 1. The second-order valence-electron chi connectivity index (χ2n) is 3.92. The topological polar surface area (TPSA) is 64.7 Å². The zero-order chi connectivity index (χ0) is 12.8. The molecule has 0 saturated carbocycles. The van der Waals surface area contributed by atoms with Crippen molar-refractivity contribution in [3.63, 3.8) is 0 Å². The zero-order valence-electron chi connectivity index (χ0n) is 10.5. The maximum absolute atomic E-state index is 11.3. The van der Waals surface area contributed by atoms with Gasteiger partial charge < -0.3 is 10.6 Å². The Labute approximate surface area is 101 Å². The van der Waals surface area contributed by atoms with Gasteiger partial charge in [-0.15, -0.1) is 0 Å². The van der Waals surface area contributed by atoms with Crippen LogP contribution < -0.4 is 5.73 Å². The molecular weight excluding hydrogens is 216 g/mol. The van der Waals surface area contributed by atoms with E-state index in [1.807, 2.05) is 26.8 Å². The minimum Gasteiger partial charge on any atom is -0.391 e. The first-order valence-corrected chi connectivity index (χ1v) is 5.60. The summed E-state index contributed by atoms with van der Waals surface area (Å²) in [4.78, 5) is 16.5. The molecule has 0 bridgehead atoms. The van der Waals surface area contributed by atoms with Crippen LogP contribution in [0.3, 0.4) is 0 Å². The van der Waals surface area contributed by atoms with Crippen LogP contribution >= 0.6 is 0 Å². The fourth-order valence-electron chi connectivity index (χ4n) is 1.40. The second kappa shape index (κ2) is 6.03. The number of carbonyl (C=O) groups excluding carboxylic acids is 1. The summed E-state index contributed by atoms with van der Waals surface area (Å²) >= 11 is 0. The van der Waals surface area contributed by atoms with E-state index < -0.39 is 5.91 Å². The second-order valence-corrected chi connectivity index (χ2v) is 3.92. The highest BCUT2D eigenvalue weighted by molar-refractivity contribution is 5.94. The lowest BCUT2D eigenvalue weighted by atomic mass is 10.0. The molecule has 1 aromatic carbocycles. The minimum absolute atomic E-state index is 0.266. The van der Waals surface area contributed by atoms with Gasteiger partial charge in [0.25, 0.3) is 0 Å². The first kappa shape index (κ1) is 13.2. The summed E-state index contributed by atoms with van der Waals surface area (Å²) in [5.41, 5.74) is 8.50. The predicted molar refractivity (Wildman–Crippen MR) is 67.9 cm³/mol. The van der Waals surface area contributed by atoms with Crippen LogP contribution in [0, 0.1) is 6.92 Å². The van der Waals surface area contributed by atoms with Gasteiger partial charge in [-0.2, -0.15) is 0 Å². The van der Waals surface area contributed by atoms with Gasteiger partial charge in [-0.25, -0.2) is 0 Å². The van der Waals surface area contributed by atoms with E-state index >= 15 is 0 Å². The molecule has 17 heavy (non-hydrogen) atoms. The van der Waals surface area contributed by atoms with Gasteiger partial charge >= 0.3 is 0 Å². The molecule has 1 aromatic rings. The first-order valence-electron chi connectivity index (χ1n) is 5.60. The maximum atomic E-state index is 11.3. The fraction of sp³-hybridized carbons (Fsp3) is 0.385. The Balaban J connectivity index is 2.86. The summed E-state index contributed by atoms with van der Waals surface area (Å²) in [6.45, 7) is 6.08. The third-order valence-corrected chi connectivity index (χ3v) is 2.62. The molecule has 0 aliphatic carbocycles. The molecular formula is C13H18N2O2. The Hall–Kier alpha value is -1.84. The monoisotopic (exact) mass is 234 g/mol. The zero-order valence-corrected chi connectivity index (χ0v) is 10.5. The van der Waals surface area contributed by atoms with E-state index in [2.05, 4.69) is 5.16 Å². The summed E-state index contributed by atoms with van der Waals surface area (Å²) in [6, 6.07) is 5.42. The van der Waals surface area contributed by atoms with Gasteiger partial charge in [0.2, 0.25) is 5.91 Å². The predicted octanol–water partition coefficient (Wildman–Crippen LogP) is 2.40. The highest BCUT2D eigenvalue weighted by Crippen LogP contribution is 2.15. The van der Waals surface area contributed by atoms with Crippen molar-refractivity contribution in [1.82, 2.24) is 0 Å². The number of benzene rings is 1. The van der Waals surface area contributed by atoms with Crippen LogP contribution in [0.1, 0.15) is 41.8 Å². The number of aryl methyl sites for hydroxylation is 1. The highest BCUT2D eigenvalue weighted by Gasteiger charge is 2.10. The van der Waals surface area contributed by atoms with E-state index in [4.69, 9.17) is 10.6 Å². The minimum atomic E-state index is -0.441. The summed E-state index contributed by atoms with van der Waals surface area (Å²) in [5, 5.41) is 3.94. The molecule has 1 amide bonds. The van der Waals surface area contributed by atoms with Crippen molar-refractivity contribution in [2.24, 2.45) is 10.9 Å². The number of oxime groups is 1. The van der Waals surface area contributed by atoms with E-state index in [1.54, 1.807) is 12.1 Å². The molecule has 0 unspecified atom stereocenters. The molecule has 92 valence electrons. The lowest BCUT2D eigenvalue weighted by Gasteiger charge is -2.09. The Morgan fingerprint density at radius 1 is 1.47 bits per heavy atom. The molecule has 4 nitrogen and oxygen atoms in total. The molecule has 0 aromatic heterocycles. The molecule has 1 rings (SSSR count). The van der Waals surface area contributed by atoms with E-state index in [9.17, 15) is 4.79 Å². The maximum Gasteiger partial charge on any atom is 0.249 e. The van der Waals surface area contributed by atoms with Crippen molar-refractivity contribution in [1.29, 1.82) is 0 Å². The van der Waals surface area contributed by atoms with Crippen molar-refractivity contribution >= 4 is 11.6 Å². The number of rotatable bonds is 5. The molecule has 0 aliphatic heterocycles. The van der Waals surface area contributed by atoms with E-state index in [-0.39, 0.29) is 6.61 Å². The fourth-order valence-corrected chi connectivity index (χ4v) is 1.40. The SMILES string of the molecule is CCC(C)=NOCc1c(C)cccc1C(N)=O. The van der Waals surface area contributed by atoms with Crippen molar-refractivity contribution in [3.8, 4) is 0 Å². The molecule has 0 atom stereocenters. The summed E-state index contributed by atoms with van der Waals surface area (Å²) in [7, 11) is 0. The van der Waals surface area contributed by atoms with Gasteiger partial charge in [0, 0.05) is 11.1 Å². The van der Waals surface area contributed by atoms with Crippen LogP contribution in [0.2, 0.25) is 0 Å². The molecule has 4 heteroatoms. The standard InChI is InChI=1S/C13H18N2O2/c1-4-10(3)15-17-8-12-9(2)6-5-7-11(12)13(14)16/h5-7H,4,8H2,1-3H3,(H2,14,16). The van der Waals surface area contributed by atoms with Gasteiger partial charge in [-0.3, -0.25) is 4.79 Å². The Bertz CT molecular complexity index is 439. The van der Waals surface area contributed by atoms with Crippen LogP contribution in [-0.2, 0) is 11.4 Å². The van der Waals surface area contributed by atoms with E-state index in [0.717, 1.165) is 23.3 Å². The Morgan fingerprint density at radius 2 is 2.18 bits per heavy atom. The lowest BCUT2D eigenvalue weighted by molar-refractivity contribution is 0.0988. The number of carbonyl (C=O) groups is 1. The van der Waals surface area contributed by atoms with Gasteiger partial charge in [0.1, 0.15) is 6.61 Å². The van der Waals surface area contributed by atoms with Crippen molar-refractivity contribution in [3.05, 3.63) is 34.9 Å². The first-order chi connectivity index (χ1) is 8.06. The quantitative estimate of drug-likeness (QED) is 0.628. The molecule has 0 saturated heterocycles. The van der Waals surface area contributed by atoms with Crippen LogP contribution in [0.5, 0.6) is 0 Å². The summed E-state index contributed by atoms with van der Waals surface area (Å²) < 4.78 is 0. The van der Waals surface area contributed by atoms with Crippen molar-refractivity contribution in [2.75, 3.05) is 0 Å².